The van der Waals surface area contributed by atoms with Gasteiger partial charge in [-0.1, -0.05) is 41.5 Å². The summed E-state index contributed by atoms with van der Waals surface area (Å²) in [5.41, 5.74) is 0.104. The first-order chi connectivity index (χ1) is 8.07. The predicted molar refractivity (Wildman–Crippen MR) is 75.1 cm³/mol. The van der Waals surface area contributed by atoms with Gasteiger partial charge in [-0.15, -0.1) is 0 Å². The Balaban J connectivity index is 0. The van der Waals surface area contributed by atoms with Gasteiger partial charge >= 0.3 is 18.9 Å². The van der Waals surface area contributed by atoms with Crippen LogP contribution in [0.3, 0.4) is 0 Å². The molecule has 0 heterocycles. The van der Waals surface area contributed by atoms with Crippen LogP contribution >= 0.6 is 0 Å². The molecule has 0 fully saturated rings. The van der Waals surface area contributed by atoms with Crippen LogP contribution in [0.2, 0.25) is 0 Å². The van der Waals surface area contributed by atoms with E-state index in [1.807, 2.05) is 0 Å². The zero-order valence-electron chi connectivity index (χ0n) is 13.6. The summed E-state index contributed by atoms with van der Waals surface area (Å²) in [5, 5.41) is 0. The van der Waals surface area contributed by atoms with Crippen LogP contribution in [0.25, 0.3) is 0 Å². The molecular formula is C14H30AlLiO2. The molecule has 0 rings (SSSR count). The molecule has 0 N–H and O–H groups in total. The van der Waals surface area contributed by atoms with Crippen molar-refractivity contribution in [2.75, 3.05) is 0 Å². The molecule has 0 aliphatic heterocycles. The zero-order chi connectivity index (χ0) is 13.4. The molecule has 0 aliphatic carbocycles. The van der Waals surface area contributed by atoms with E-state index in [1.54, 1.807) is 0 Å². The molecular weight excluding hydrogens is 234 g/mol. The normalized spacial score (nSPS) is 12.3. The second-order valence-corrected chi connectivity index (χ2v) is 5.48. The molecule has 0 unspecified atom stereocenters. The van der Waals surface area contributed by atoms with E-state index in [4.69, 9.17) is 7.58 Å². The number of hydrogen-bond acceptors (Lipinski definition) is 2. The molecule has 0 amide bonds. The maximum atomic E-state index is 6.10. The fraction of sp³-hybridized carbons (Fsp3) is 1.00. The van der Waals surface area contributed by atoms with E-state index in [2.05, 4.69) is 41.5 Å². The van der Waals surface area contributed by atoms with Crippen molar-refractivity contribution in [1.29, 1.82) is 0 Å². The Morgan fingerprint density at radius 2 is 0.833 bits per heavy atom. The van der Waals surface area contributed by atoms with E-state index < -0.39 is 0 Å². The van der Waals surface area contributed by atoms with Crippen LogP contribution in [0, 0.1) is 0 Å². The van der Waals surface area contributed by atoms with Crippen molar-refractivity contribution in [3.05, 3.63) is 0 Å². The third-order valence-corrected chi connectivity index (χ3v) is 5.65. The molecule has 102 valence electrons. The minimum absolute atomic E-state index is 0. The molecule has 0 saturated carbocycles. The van der Waals surface area contributed by atoms with Crippen molar-refractivity contribution in [2.24, 2.45) is 0 Å². The van der Waals surface area contributed by atoms with Gasteiger partial charge in [0.25, 0.3) is 0 Å². The van der Waals surface area contributed by atoms with Gasteiger partial charge in [-0.05, 0) is 38.5 Å². The maximum Gasteiger partial charge on any atom is 1.00 e. The monoisotopic (exact) mass is 264 g/mol. The average Bonchev–Trinajstić information content (AvgIpc) is 2.41. The molecule has 0 aromatic carbocycles. The molecule has 0 aromatic heterocycles. The molecule has 0 aromatic rings. The van der Waals surface area contributed by atoms with Gasteiger partial charge in [-0.2, -0.15) is 0 Å². The van der Waals surface area contributed by atoms with Gasteiger partial charge in [-0.3, -0.25) is 0 Å². The van der Waals surface area contributed by atoms with Crippen LogP contribution in [0.1, 0.15) is 80.1 Å². The largest absolute Gasteiger partial charge is 1.00 e. The van der Waals surface area contributed by atoms with E-state index >= 15 is 0 Å². The van der Waals surface area contributed by atoms with Crippen LogP contribution in [0.5, 0.6) is 0 Å². The zero-order valence-corrected chi connectivity index (χ0v) is 14.8. The van der Waals surface area contributed by atoms with Crippen molar-refractivity contribution in [1.82, 2.24) is 0 Å². The standard InChI is InChI=1S/2C7H15O.Al.Li/c2*1-4-7(8,5-2)6-3;;/h2*4-6H2,1-3H3;;/q2*-1;2*+1. The third kappa shape index (κ3) is 6.00. The first-order valence-corrected chi connectivity index (χ1v) is 8.19. The van der Waals surface area contributed by atoms with Crippen LogP contribution in [0.4, 0.5) is 0 Å². The Bertz CT molecular complexity index is 156. The molecule has 4 heteroatoms. The van der Waals surface area contributed by atoms with Gasteiger partial charge in [0.2, 0.25) is 0 Å². The summed E-state index contributed by atoms with van der Waals surface area (Å²) in [6.07, 6.45) is 6.46. The minimum Gasteiger partial charge on any atom is -0.674 e. The summed E-state index contributed by atoms with van der Waals surface area (Å²) in [6.45, 7) is 13.2. The Morgan fingerprint density at radius 3 is 1.00 bits per heavy atom. The summed E-state index contributed by atoms with van der Waals surface area (Å²) < 4.78 is 12.2. The molecule has 0 atom stereocenters. The fourth-order valence-corrected chi connectivity index (χ4v) is 3.68. The molecule has 18 heavy (non-hydrogen) atoms. The SMILES string of the molecule is CCC(CC)(CC)[O][Al-][O]C(CC)(CC)CC.[Li+]. The van der Waals surface area contributed by atoms with Crippen molar-refractivity contribution in [3.8, 4) is 0 Å². The average molecular weight is 264 g/mol. The summed E-state index contributed by atoms with van der Waals surface area (Å²) >= 11 is -0.344. The van der Waals surface area contributed by atoms with Crippen molar-refractivity contribution in [2.45, 2.75) is 91.3 Å². The predicted octanol–water partition coefficient (Wildman–Crippen LogP) is 1.50. The molecule has 2 nitrogen and oxygen atoms in total. The summed E-state index contributed by atoms with van der Waals surface area (Å²) in [4.78, 5) is 0. The van der Waals surface area contributed by atoms with E-state index in [1.165, 1.54) is 0 Å². The summed E-state index contributed by atoms with van der Waals surface area (Å²) in [7, 11) is 0. The van der Waals surface area contributed by atoms with E-state index in [-0.39, 0.29) is 45.9 Å². The third-order valence-electron chi connectivity index (χ3n) is 4.46. The minimum atomic E-state index is -0.344. The van der Waals surface area contributed by atoms with Crippen molar-refractivity contribution >= 4 is 15.9 Å². The second kappa shape index (κ2) is 10.8. The van der Waals surface area contributed by atoms with Crippen molar-refractivity contribution in [3.63, 3.8) is 0 Å². The van der Waals surface area contributed by atoms with Crippen LogP contribution in [-0.2, 0) is 7.58 Å². The maximum absolute atomic E-state index is 6.10. The Kier molecular flexibility index (Phi) is 12.8. The van der Waals surface area contributed by atoms with E-state index in [0.29, 0.717) is 0 Å². The van der Waals surface area contributed by atoms with E-state index in [0.717, 1.165) is 38.5 Å². The Morgan fingerprint density at radius 1 is 0.611 bits per heavy atom. The first-order valence-electron chi connectivity index (χ1n) is 7.24. The number of rotatable bonds is 10. The van der Waals surface area contributed by atoms with E-state index in [9.17, 15) is 0 Å². The molecule has 2 radical (unpaired) electrons. The van der Waals surface area contributed by atoms with Crippen LogP contribution in [-0.4, -0.2) is 27.1 Å². The number of hydrogen-bond donors (Lipinski definition) is 0. The van der Waals surface area contributed by atoms with Gasteiger partial charge in [0.05, 0.1) is 0 Å². The smallest absolute Gasteiger partial charge is 0.674 e. The second-order valence-electron chi connectivity index (χ2n) is 4.82. The first kappa shape index (κ1) is 21.4. The quantitative estimate of drug-likeness (QED) is 0.557. The van der Waals surface area contributed by atoms with Crippen LogP contribution < -0.4 is 18.9 Å². The van der Waals surface area contributed by atoms with Gasteiger partial charge in [0, 0.05) is 11.2 Å². The fourth-order valence-electron chi connectivity index (χ4n) is 2.23. The van der Waals surface area contributed by atoms with Gasteiger partial charge in [0.15, 0.2) is 0 Å². The topological polar surface area (TPSA) is 18.5 Å². The summed E-state index contributed by atoms with van der Waals surface area (Å²) in [6, 6.07) is 0. The molecule has 0 saturated heterocycles. The molecule has 0 spiro atoms. The van der Waals surface area contributed by atoms with Gasteiger partial charge in [-0.25, -0.2) is 0 Å². The van der Waals surface area contributed by atoms with Crippen LogP contribution in [0.15, 0.2) is 0 Å². The molecule has 0 bridgehead atoms. The summed E-state index contributed by atoms with van der Waals surface area (Å²) in [5.74, 6) is 0. The van der Waals surface area contributed by atoms with Gasteiger partial charge in [0.1, 0.15) is 15.9 Å². The van der Waals surface area contributed by atoms with Crippen molar-refractivity contribution < 1.29 is 26.4 Å². The Hall–Kier alpha value is 1.05. The molecule has 0 aliphatic rings. The van der Waals surface area contributed by atoms with Gasteiger partial charge < -0.3 is 7.58 Å². The Labute approximate surface area is 133 Å².